The number of sulfone groups is 1. The van der Waals surface area contributed by atoms with Crippen LogP contribution in [0.4, 0.5) is 0 Å². The van der Waals surface area contributed by atoms with E-state index in [1.165, 1.54) is 5.01 Å². The van der Waals surface area contributed by atoms with Crippen LogP contribution < -0.4 is 0 Å². The van der Waals surface area contributed by atoms with Crippen LogP contribution in [-0.4, -0.2) is 52.5 Å². The van der Waals surface area contributed by atoms with Crippen LogP contribution in [0.3, 0.4) is 0 Å². The first kappa shape index (κ1) is 11.3. The van der Waals surface area contributed by atoms with Crippen LogP contribution in [0.15, 0.2) is 29.5 Å². The molecule has 0 saturated carbocycles. The molecule has 0 aromatic heterocycles. The van der Waals surface area contributed by atoms with Gasteiger partial charge in [0.2, 0.25) is 0 Å². The highest BCUT2D eigenvalue weighted by Crippen LogP contribution is 2.25. The molecular weight excluding hydrogens is 234 g/mol. The maximum atomic E-state index is 11.4. The van der Waals surface area contributed by atoms with Crippen LogP contribution in [0.2, 0.25) is 0 Å². The van der Waals surface area contributed by atoms with Crippen molar-refractivity contribution < 1.29 is 18.8 Å². The maximum absolute atomic E-state index is 11.4. The lowest BCUT2D eigenvalue weighted by Crippen LogP contribution is -2.47. The van der Waals surface area contributed by atoms with Gasteiger partial charge in [0.25, 0.3) is 0 Å². The van der Waals surface area contributed by atoms with E-state index in [0.29, 0.717) is 0 Å². The van der Waals surface area contributed by atoms with Gasteiger partial charge in [-0.1, -0.05) is 17.4 Å². The van der Waals surface area contributed by atoms with Gasteiger partial charge in [-0.2, -0.15) is 5.10 Å². The minimum atomic E-state index is -3.58. The zero-order valence-corrected chi connectivity index (χ0v) is 9.24. The standard InChI is InChI=1S/C8H11N3O4S/c1-16(14,15)8-7(11(12)13)6-4-2-3-5-10(6)9-8/h2-7,12-13H,1H3. The first-order valence-corrected chi connectivity index (χ1v) is 6.39. The molecule has 0 aliphatic carbocycles. The summed E-state index contributed by atoms with van der Waals surface area (Å²) < 4.78 is 22.9. The normalized spacial score (nSPS) is 28.5. The summed E-state index contributed by atoms with van der Waals surface area (Å²) in [5, 5.41) is 23.0. The number of hydrazone groups is 1. The highest BCUT2D eigenvalue weighted by Gasteiger charge is 2.43. The van der Waals surface area contributed by atoms with Gasteiger partial charge >= 0.3 is 0 Å². The van der Waals surface area contributed by atoms with Crippen molar-refractivity contribution in [3.05, 3.63) is 24.4 Å². The van der Waals surface area contributed by atoms with Crippen molar-refractivity contribution in [2.75, 3.05) is 6.26 Å². The molecule has 2 unspecified atom stereocenters. The predicted molar refractivity (Wildman–Crippen MR) is 55.4 cm³/mol. The summed E-state index contributed by atoms with van der Waals surface area (Å²) in [6.07, 6.45) is 7.57. The summed E-state index contributed by atoms with van der Waals surface area (Å²) >= 11 is 0. The molecular formula is C8H11N3O4S. The van der Waals surface area contributed by atoms with E-state index in [0.717, 1.165) is 6.26 Å². The molecule has 0 aromatic carbocycles. The van der Waals surface area contributed by atoms with Crippen molar-refractivity contribution in [3.8, 4) is 0 Å². The van der Waals surface area contributed by atoms with Crippen molar-refractivity contribution in [1.29, 1.82) is 0 Å². The van der Waals surface area contributed by atoms with E-state index in [1.807, 2.05) is 0 Å². The molecule has 0 fully saturated rings. The Labute approximate surface area is 92.4 Å². The van der Waals surface area contributed by atoms with Gasteiger partial charge in [0, 0.05) is 12.5 Å². The number of rotatable bonds is 1. The van der Waals surface area contributed by atoms with Gasteiger partial charge < -0.3 is 0 Å². The topological polar surface area (TPSA) is 93.4 Å². The lowest BCUT2D eigenvalue weighted by molar-refractivity contribution is -0.321. The predicted octanol–water partition coefficient (Wildman–Crippen LogP) is -0.439. The van der Waals surface area contributed by atoms with E-state index in [-0.39, 0.29) is 10.3 Å². The van der Waals surface area contributed by atoms with Gasteiger partial charge in [0.15, 0.2) is 14.9 Å². The van der Waals surface area contributed by atoms with Gasteiger partial charge in [0.1, 0.15) is 6.04 Å². The van der Waals surface area contributed by atoms with Gasteiger partial charge in [0.05, 0.1) is 6.04 Å². The fraction of sp³-hybridized carbons (Fsp3) is 0.375. The molecule has 88 valence electrons. The van der Waals surface area contributed by atoms with E-state index in [1.54, 1.807) is 24.4 Å². The zero-order valence-electron chi connectivity index (χ0n) is 8.42. The average molecular weight is 245 g/mol. The summed E-state index contributed by atoms with van der Waals surface area (Å²) in [5.41, 5.74) is 0. The zero-order chi connectivity index (χ0) is 11.9. The number of fused-ring (bicyclic) bond motifs is 1. The van der Waals surface area contributed by atoms with Crippen molar-refractivity contribution in [3.63, 3.8) is 0 Å². The monoisotopic (exact) mass is 245 g/mol. The Bertz CT molecular complexity index is 480. The van der Waals surface area contributed by atoms with Crippen LogP contribution in [-0.2, 0) is 9.84 Å². The Morgan fingerprint density at radius 3 is 2.69 bits per heavy atom. The second-order valence-corrected chi connectivity index (χ2v) is 5.54. The minimum absolute atomic E-state index is 0.117. The Morgan fingerprint density at radius 2 is 2.12 bits per heavy atom. The van der Waals surface area contributed by atoms with Gasteiger partial charge in [-0.05, 0) is 6.08 Å². The van der Waals surface area contributed by atoms with Crippen LogP contribution in [0.1, 0.15) is 0 Å². The Kier molecular flexibility index (Phi) is 2.58. The SMILES string of the molecule is CS(=O)(=O)C1=NN2C=CC=CC2C1N(O)O. The molecule has 0 amide bonds. The van der Waals surface area contributed by atoms with E-state index in [2.05, 4.69) is 5.10 Å². The largest absolute Gasteiger partial charge is 0.289 e. The molecule has 8 heteroatoms. The first-order chi connectivity index (χ1) is 7.41. The van der Waals surface area contributed by atoms with Crippen LogP contribution in [0.25, 0.3) is 0 Å². The molecule has 2 N–H and O–H groups in total. The lowest BCUT2D eigenvalue weighted by atomic mass is 10.1. The summed E-state index contributed by atoms with van der Waals surface area (Å²) in [6, 6.07) is -1.62. The number of hydrogen-bond acceptors (Lipinski definition) is 7. The van der Waals surface area contributed by atoms with E-state index in [4.69, 9.17) is 10.4 Å². The lowest BCUT2D eigenvalue weighted by Gasteiger charge is -2.25. The molecule has 0 saturated heterocycles. The molecule has 7 nitrogen and oxygen atoms in total. The molecule has 2 heterocycles. The first-order valence-electron chi connectivity index (χ1n) is 4.50. The number of nitrogens with zero attached hydrogens (tertiary/aromatic N) is 3. The second kappa shape index (κ2) is 3.67. The maximum Gasteiger partial charge on any atom is 0.192 e. The highest BCUT2D eigenvalue weighted by atomic mass is 32.2. The van der Waals surface area contributed by atoms with E-state index in [9.17, 15) is 8.42 Å². The van der Waals surface area contributed by atoms with Crippen molar-refractivity contribution in [1.82, 2.24) is 10.2 Å². The van der Waals surface area contributed by atoms with E-state index >= 15 is 0 Å². The Hall–Kier alpha value is -1.22. The van der Waals surface area contributed by atoms with Crippen molar-refractivity contribution in [2.45, 2.75) is 12.1 Å². The van der Waals surface area contributed by atoms with Gasteiger partial charge in [-0.3, -0.25) is 15.4 Å². The summed E-state index contributed by atoms with van der Waals surface area (Å²) in [4.78, 5) is 0. The highest BCUT2D eigenvalue weighted by molar-refractivity contribution is 8.06. The Balaban J connectivity index is 2.45. The molecule has 2 aliphatic heterocycles. The summed E-state index contributed by atoms with van der Waals surface area (Å²) in [5.74, 6) is 0. The third-order valence-corrected chi connectivity index (χ3v) is 3.47. The average Bonchev–Trinajstić information content (AvgIpc) is 2.55. The molecule has 0 radical (unpaired) electrons. The third-order valence-electron chi connectivity index (χ3n) is 2.38. The molecule has 0 spiro atoms. The molecule has 16 heavy (non-hydrogen) atoms. The smallest absolute Gasteiger partial charge is 0.192 e. The molecule has 0 bridgehead atoms. The number of hydrogen-bond donors (Lipinski definition) is 2. The second-order valence-electron chi connectivity index (χ2n) is 3.57. The van der Waals surface area contributed by atoms with E-state index < -0.39 is 21.9 Å². The van der Waals surface area contributed by atoms with Crippen LogP contribution >= 0.6 is 0 Å². The van der Waals surface area contributed by atoms with Crippen LogP contribution in [0.5, 0.6) is 0 Å². The fourth-order valence-corrected chi connectivity index (χ4v) is 2.62. The fourth-order valence-electron chi connectivity index (χ4n) is 1.70. The number of allylic oxidation sites excluding steroid dienone is 2. The molecule has 2 rings (SSSR count). The molecule has 2 aliphatic rings. The minimum Gasteiger partial charge on any atom is -0.289 e. The quantitative estimate of drug-likeness (QED) is 0.608. The van der Waals surface area contributed by atoms with Crippen LogP contribution in [0, 0.1) is 0 Å². The number of hydroxylamine groups is 2. The molecule has 2 atom stereocenters. The van der Waals surface area contributed by atoms with Crippen molar-refractivity contribution >= 4 is 14.9 Å². The molecule has 0 aromatic rings. The van der Waals surface area contributed by atoms with Crippen molar-refractivity contribution in [2.24, 2.45) is 5.10 Å². The summed E-state index contributed by atoms with van der Waals surface area (Å²) in [6.45, 7) is 0. The Morgan fingerprint density at radius 1 is 1.44 bits per heavy atom. The third kappa shape index (κ3) is 1.76. The summed E-state index contributed by atoms with van der Waals surface area (Å²) in [7, 11) is -3.58. The van der Waals surface area contributed by atoms with Gasteiger partial charge in [-0.15, -0.1) is 0 Å². The van der Waals surface area contributed by atoms with Gasteiger partial charge in [-0.25, -0.2) is 8.42 Å².